The van der Waals surface area contributed by atoms with Crippen LogP contribution in [0.4, 0.5) is 9.93 Å². The third-order valence-electron chi connectivity index (χ3n) is 3.20. The molecule has 3 heterocycles. The monoisotopic (exact) mass is 277 g/mol. The molecule has 19 heavy (non-hydrogen) atoms. The van der Waals surface area contributed by atoms with Crippen molar-refractivity contribution in [3.05, 3.63) is 29.5 Å². The summed E-state index contributed by atoms with van der Waals surface area (Å²) in [6.45, 7) is 3.46. The number of anilines is 1. The Kier molecular flexibility index (Phi) is 3.20. The summed E-state index contributed by atoms with van der Waals surface area (Å²) >= 11 is 1.42. The summed E-state index contributed by atoms with van der Waals surface area (Å²) in [6, 6.07) is 0.192. The molecule has 1 fully saturated rings. The molecule has 0 aromatic carbocycles. The first-order chi connectivity index (χ1) is 9.22. The van der Waals surface area contributed by atoms with E-state index in [9.17, 15) is 4.79 Å². The number of urea groups is 1. The normalized spacial score (nSPS) is 18.8. The fraction of sp³-hybridized carbons (Fsp3) is 0.417. The molecule has 0 aliphatic carbocycles. The average Bonchev–Trinajstić information content (AvgIpc) is 3.07. The summed E-state index contributed by atoms with van der Waals surface area (Å²) in [5, 5.41) is 9.61. The lowest BCUT2D eigenvalue weighted by Gasteiger charge is -2.16. The second kappa shape index (κ2) is 5.00. The number of carbonyl (C=O) groups excluding carboxylic acids is 1. The molecule has 1 aliphatic heterocycles. The minimum absolute atomic E-state index is 0.0821. The summed E-state index contributed by atoms with van der Waals surface area (Å²) in [6.07, 6.45) is 6.48. The minimum atomic E-state index is -0.0821. The Labute approximate surface area is 115 Å². The van der Waals surface area contributed by atoms with Gasteiger partial charge in [0.2, 0.25) is 0 Å². The van der Waals surface area contributed by atoms with Gasteiger partial charge in [-0.3, -0.25) is 10.00 Å². The second-order valence-electron chi connectivity index (χ2n) is 4.65. The number of hydrogen-bond acceptors (Lipinski definition) is 4. The molecule has 0 radical (unpaired) electrons. The van der Waals surface area contributed by atoms with Crippen molar-refractivity contribution in [3.8, 4) is 0 Å². The highest BCUT2D eigenvalue weighted by Crippen LogP contribution is 2.22. The maximum atomic E-state index is 12.0. The topological polar surface area (TPSA) is 63.1 Å². The lowest BCUT2D eigenvalue weighted by atomic mass is 10.3. The zero-order valence-corrected chi connectivity index (χ0v) is 11.4. The van der Waals surface area contributed by atoms with Gasteiger partial charge in [0.05, 0.1) is 12.2 Å². The van der Waals surface area contributed by atoms with Crippen LogP contribution in [0.1, 0.15) is 18.0 Å². The quantitative estimate of drug-likeness (QED) is 0.914. The third-order valence-corrected chi connectivity index (χ3v) is 3.89. The van der Waals surface area contributed by atoms with E-state index in [-0.39, 0.29) is 12.1 Å². The molecule has 1 N–H and O–H groups in total. The van der Waals surface area contributed by atoms with Crippen molar-refractivity contribution in [2.75, 3.05) is 18.4 Å². The Hall–Kier alpha value is -1.89. The number of likely N-dealkylation sites (tertiary alicyclic amines) is 1. The van der Waals surface area contributed by atoms with Crippen LogP contribution in [0.5, 0.6) is 0 Å². The number of hydrogen-bond donors (Lipinski definition) is 1. The van der Waals surface area contributed by atoms with Crippen molar-refractivity contribution in [1.82, 2.24) is 19.7 Å². The van der Waals surface area contributed by atoms with Crippen molar-refractivity contribution in [3.63, 3.8) is 0 Å². The zero-order valence-electron chi connectivity index (χ0n) is 10.6. The highest BCUT2D eigenvalue weighted by molar-refractivity contribution is 7.13. The van der Waals surface area contributed by atoms with Gasteiger partial charge >= 0.3 is 6.03 Å². The Morgan fingerprint density at radius 2 is 2.47 bits per heavy atom. The summed E-state index contributed by atoms with van der Waals surface area (Å²) in [7, 11) is 0. The van der Waals surface area contributed by atoms with Gasteiger partial charge in [0, 0.05) is 30.9 Å². The second-order valence-corrected chi connectivity index (χ2v) is 5.55. The smallest absolute Gasteiger partial charge is 0.322 e. The van der Waals surface area contributed by atoms with Crippen LogP contribution < -0.4 is 5.32 Å². The predicted octanol–water partition coefficient (Wildman–Crippen LogP) is 2.13. The Morgan fingerprint density at radius 1 is 1.58 bits per heavy atom. The largest absolute Gasteiger partial charge is 0.323 e. The number of amides is 2. The van der Waals surface area contributed by atoms with Gasteiger partial charge in [-0.25, -0.2) is 9.78 Å². The van der Waals surface area contributed by atoms with Gasteiger partial charge in [0.1, 0.15) is 0 Å². The van der Waals surface area contributed by atoms with Crippen LogP contribution in [0.15, 0.2) is 24.0 Å². The SMILES string of the molecule is Cc1cnn(C2CCN(C(=O)Nc3nccs3)C2)c1. The first kappa shape index (κ1) is 12.2. The maximum Gasteiger partial charge on any atom is 0.323 e. The van der Waals surface area contributed by atoms with Gasteiger partial charge in [-0.05, 0) is 18.9 Å². The molecule has 3 rings (SSSR count). The van der Waals surface area contributed by atoms with Crippen LogP contribution in [0, 0.1) is 6.92 Å². The molecule has 2 amide bonds. The number of nitrogens with one attached hydrogen (secondary N) is 1. The van der Waals surface area contributed by atoms with E-state index in [2.05, 4.69) is 15.4 Å². The van der Waals surface area contributed by atoms with Crippen LogP contribution >= 0.6 is 11.3 Å². The van der Waals surface area contributed by atoms with Crippen LogP contribution in [0.3, 0.4) is 0 Å². The van der Waals surface area contributed by atoms with E-state index in [0.717, 1.165) is 18.5 Å². The van der Waals surface area contributed by atoms with Gasteiger partial charge in [-0.2, -0.15) is 5.10 Å². The average molecular weight is 277 g/mol. The fourth-order valence-corrected chi connectivity index (χ4v) is 2.75. The molecular weight excluding hydrogens is 262 g/mol. The number of aromatic nitrogens is 3. The molecule has 1 atom stereocenters. The van der Waals surface area contributed by atoms with Crippen molar-refractivity contribution in [1.29, 1.82) is 0 Å². The lowest BCUT2D eigenvalue weighted by molar-refractivity contribution is 0.220. The maximum absolute atomic E-state index is 12.0. The van der Waals surface area contributed by atoms with E-state index in [1.54, 1.807) is 6.20 Å². The summed E-state index contributed by atoms with van der Waals surface area (Å²) in [5.41, 5.74) is 1.14. The summed E-state index contributed by atoms with van der Waals surface area (Å²) < 4.78 is 1.95. The molecule has 6 nitrogen and oxygen atoms in total. The highest BCUT2D eigenvalue weighted by Gasteiger charge is 2.28. The summed E-state index contributed by atoms with van der Waals surface area (Å²) in [4.78, 5) is 17.9. The van der Waals surface area contributed by atoms with E-state index in [1.165, 1.54) is 11.3 Å². The number of carbonyl (C=O) groups is 1. The summed E-state index contributed by atoms with van der Waals surface area (Å²) in [5.74, 6) is 0. The molecule has 1 unspecified atom stereocenters. The van der Waals surface area contributed by atoms with Crippen LogP contribution in [-0.2, 0) is 0 Å². The molecule has 0 spiro atoms. The van der Waals surface area contributed by atoms with Gasteiger partial charge < -0.3 is 4.90 Å². The van der Waals surface area contributed by atoms with Crippen molar-refractivity contribution in [2.24, 2.45) is 0 Å². The number of aryl methyl sites for hydroxylation is 1. The van der Waals surface area contributed by atoms with E-state index < -0.39 is 0 Å². The van der Waals surface area contributed by atoms with Gasteiger partial charge in [0.25, 0.3) is 0 Å². The lowest BCUT2D eigenvalue weighted by Crippen LogP contribution is -2.33. The van der Waals surface area contributed by atoms with Crippen LogP contribution in [0.25, 0.3) is 0 Å². The Balaban J connectivity index is 1.61. The van der Waals surface area contributed by atoms with E-state index in [1.807, 2.05) is 34.3 Å². The minimum Gasteiger partial charge on any atom is -0.322 e. The first-order valence-electron chi connectivity index (χ1n) is 6.18. The van der Waals surface area contributed by atoms with Crippen molar-refractivity contribution in [2.45, 2.75) is 19.4 Å². The zero-order chi connectivity index (χ0) is 13.2. The Bertz CT molecular complexity index is 564. The van der Waals surface area contributed by atoms with Gasteiger partial charge in [-0.1, -0.05) is 0 Å². The first-order valence-corrected chi connectivity index (χ1v) is 7.06. The van der Waals surface area contributed by atoms with Gasteiger partial charge in [-0.15, -0.1) is 11.3 Å². The number of rotatable bonds is 2. The van der Waals surface area contributed by atoms with Gasteiger partial charge in [0.15, 0.2) is 5.13 Å². The molecule has 100 valence electrons. The number of thiazole rings is 1. The molecule has 1 saturated heterocycles. The van der Waals surface area contributed by atoms with Crippen LogP contribution in [0.2, 0.25) is 0 Å². The molecule has 2 aromatic rings. The van der Waals surface area contributed by atoms with Crippen LogP contribution in [-0.4, -0.2) is 38.8 Å². The highest BCUT2D eigenvalue weighted by atomic mass is 32.1. The van der Waals surface area contributed by atoms with E-state index >= 15 is 0 Å². The number of nitrogens with zero attached hydrogens (tertiary/aromatic N) is 4. The molecule has 2 aromatic heterocycles. The Morgan fingerprint density at radius 3 is 3.16 bits per heavy atom. The third kappa shape index (κ3) is 2.60. The molecule has 7 heteroatoms. The van der Waals surface area contributed by atoms with Crippen molar-refractivity contribution >= 4 is 22.5 Å². The molecule has 1 aliphatic rings. The van der Waals surface area contributed by atoms with E-state index in [4.69, 9.17) is 0 Å². The van der Waals surface area contributed by atoms with Crippen molar-refractivity contribution < 1.29 is 4.79 Å². The fourth-order valence-electron chi connectivity index (χ4n) is 2.23. The molecular formula is C12H15N5OS. The van der Waals surface area contributed by atoms with E-state index in [0.29, 0.717) is 11.7 Å². The molecule has 0 saturated carbocycles. The standard InChI is InChI=1S/C12H15N5OS/c1-9-6-14-17(7-9)10-2-4-16(8-10)12(18)15-11-13-3-5-19-11/h3,5-7,10H,2,4,8H2,1H3,(H,13,15,18). The molecule has 0 bridgehead atoms. The predicted molar refractivity (Wildman–Crippen MR) is 73.3 cm³/mol.